The average molecular weight is 311 g/mol. The van der Waals surface area contributed by atoms with Gasteiger partial charge in [-0.3, -0.25) is 9.80 Å². The van der Waals surface area contributed by atoms with Gasteiger partial charge in [0.1, 0.15) is 0 Å². The average Bonchev–Trinajstić information content (AvgIpc) is 2.44. The van der Waals surface area contributed by atoms with Crippen molar-refractivity contribution in [2.45, 2.75) is 25.9 Å². The number of hydrogen-bond donors (Lipinski definition) is 2. The lowest BCUT2D eigenvalue weighted by molar-refractivity contribution is 0.0360. The van der Waals surface area contributed by atoms with Crippen LogP contribution >= 0.6 is 11.6 Å². The minimum atomic E-state index is 0.0733. The highest BCUT2D eigenvalue weighted by Gasteiger charge is 2.30. The summed E-state index contributed by atoms with van der Waals surface area (Å²) >= 11 is 6.32. The maximum atomic E-state index is 8.70. The molecule has 0 saturated carbocycles. The minimum Gasteiger partial charge on any atom is -0.409 e. The Bertz CT molecular complexity index is 544. The van der Waals surface area contributed by atoms with E-state index in [9.17, 15) is 0 Å². The van der Waals surface area contributed by atoms with E-state index in [1.165, 1.54) is 0 Å². The number of likely N-dealkylation sites (N-methyl/N-ethyl adjacent to an activating group) is 1. The second kappa shape index (κ2) is 6.22. The van der Waals surface area contributed by atoms with E-state index in [-0.39, 0.29) is 11.4 Å². The molecule has 3 N–H and O–H groups in total. The molecular weight excluding hydrogens is 288 g/mol. The summed E-state index contributed by atoms with van der Waals surface area (Å²) in [7, 11) is 2.16. The normalized spacial score (nSPS) is 20.7. The molecular formula is C15H23ClN4O. The number of halogens is 1. The van der Waals surface area contributed by atoms with E-state index in [0.29, 0.717) is 10.6 Å². The van der Waals surface area contributed by atoms with Gasteiger partial charge in [0, 0.05) is 42.3 Å². The predicted molar refractivity (Wildman–Crippen MR) is 85.9 cm³/mol. The monoisotopic (exact) mass is 310 g/mol. The maximum Gasteiger partial charge on any atom is 0.170 e. The van der Waals surface area contributed by atoms with Crippen molar-refractivity contribution in [1.82, 2.24) is 9.80 Å². The van der Waals surface area contributed by atoms with Gasteiger partial charge in [-0.25, -0.2) is 0 Å². The molecule has 1 aliphatic heterocycles. The van der Waals surface area contributed by atoms with E-state index in [1.54, 1.807) is 6.07 Å². The Morgan fingerprint density at radius 2 is 2.14 bits per heavy atom. The highest BCUT2D eigenvalue weighted by molar-refractivity contribution is 6.31. The molecule has 0 spiro atoms. The molecule has 2 rings (SSSR count). The maximum absolute atomic E-state index is 8.70. The first kappa shape index (κ1) is 16.1. The molecule has 21 heavy (non-hydrogen) atoms. The van der Waals surface area contributed by atoms with Crippen LogP contribution in [0.2, 0.25) is 5.02 Å². The van der Waals surface area contributed by atoms with Crippen molar-refractivity contribution in [3.05, 3.63) is 34.3 Å². The fraction of sp³-hybridized carbons (Fsp3) is 0.533. The SMILES string of the molecule is CN1CCN(Cc2ccc(/C(N)=N/O)cc2Cl)CC1(C)C. The molecule has 5 nitrogen and oxygen atoms in total. The zero-order valence-corrected chi connectivity index (χ0v) is 13.6. The molecule has 0 aliphatic carbocycles. The topological polar surface area (TPSA) is 65.1 Å². The number of nitrogens with two attached hydrogens (primary N) is 1. The van der Waals surface area contributed by atoms with Gasteiger partial charge in [-0.15, -0.1) is 0 Å². The van der Waals surface area contributed by atoms with Gasteiger partial charge in [0.25, 0.3) is 0 Å². The molecule has 1 aromatic carbocycles. The largest absolute Gasteiger partial charge is 0.409 e. The molecule has 1 aliphatic rings. The van der Waals surface area contributed by atoms with Crippen LogP contribution in [0.25, 0.3) is 0 Å². The van der Waals surface area contributed by atoms with Crippen molar-refractivity contribution in [2.75, 3.05) is 26.7 Å². The minimum absolute atomic E-state index is 0.0733. The van der Waals surface area contributed by atoms with Crippen molar-refractivity contribution in [1.29, 1.82) is 0 Å². The zero-order valence-electron chi connectivity index (χ0n) is 12.8. The van der Waals surface area contributed by atoms with Crippen molar-refractivity contribution < 1.29 is 5.21 Å². The first-order valence-electron chi connectivity index (χ1n) is 7.03. The summed E-state index contributed by atoms with van der Waals surface area (Å²) in [5.74, 6) is 0.0733. The van der Waals surface area contributed by atoms with E-state index in [1.807, 2.05) is 12.1 Å². The van der Waals surface area contributed by atoms with Crippen molar-refractivity contribution in [2.24, 2.45) is 10.9 Å². The molecule has 0 bridgehead atoms. The molecule has 0 aromatic heterocycles. The van der Waals surface area contributed by atoms with E-state index < -0.39 is 0 Å². The van der Waals surface area contributed by atoms with Crippen molar-refractivity contribution in [3.63, 3.8) is 0 Å². The summed E-state index contributed by atoms with van der Waals surface area (Å²) in [6.45, 7) is 8.39. The Hall–Kier alpha value is -1.30. The summed E-state index contributed by atoms with van der Waals surface area (Å²) < 4.78 is 0. The predicted octanol–water partition coefficient (Wildman–Crippen LogP) is 1.96. The Morgan fingerprint density at radius 3 is 2.71 bits per heavy atom. The van der Waals surface area contributed by atoms with E-state index in [4.69, 9.17) is 22.5 Å². The van der Waals surface area contributed by atoms with Crippen LogP contribution in [0.1, 0.15) is 25.0 Å². The molecule has 0 unspecified atom stereocenters. The molecule has 0 amide bonds. The van der Waals surface area contributed by atoms with Gasteiger partial charge in [0.15, 0.2) is 5.84 Å². The number of nitrogens with zero attached hydrogens (tertiary/aromatic N) is 3. The second-order valence-corrected chi connectivity index (χ2v) is 6.64. The van der Waals surface area contributed by atoms with E-state index in [0.717, 1.165) is 31.7 Å². The lowest BCUT2D eigenvalue weighted by atomic mass is 9.99. The lowest BCUT2D eigenvalue weighted by Crippen LogP contribution is -2.57. The number of oxime groups is 1. The van der Waals surface area contributed by atoms with Gasteiger partial charge >= 0.3 is 0 Å². The number of rotatable bonds is 3. The number of hydrogen-bond acceptors (Lipinski definition) is 4. The number of amidine groups is 1. The third kappa shape index (κ3) is 3.67. The quantitative estimate of drug-likeness (QED) is 0.388. The number of piperazine rings is 1. The summed E-state index contributed by atoms with van der Waals surface area (Å²) in [6, 6.07) is 5.52. The summed E-state index contributed by atoms with van der Waals surface area (Å²) in [6.07, 6.45) is 0. The summed E-state index contributed by atoms with van der Waals surface area (Å²) in [5.41, 5.74) is 7.43. The number of benzene rings is 1. The van der Waals surface area contributed by atoms with Crippen molar-refractivity contribution >= 4 is 17.4 Å². The molecule has 116 valence electrons. The van der Waals surface area contributed by atoms with Gasteiger partial charge in [-0.1, -0.05) is 28.9 Å². The van der Waals surface area contributed by atoms with Gasteiger partial charge < -0.3 is 10.9 Å². The Balaban J connectivity index is 2.10. The molecule has 1 saturated heterocycles. The summed E-state index contributed by atoms with van der Waals surface area (Å²) in [4.78, 5) is 4.79. The fourth-order valence-corrected chi connectivity index (χ4v) is 2.85. The smallest absolute Gasteiger partial charge is 0.170 e. The molecule has 1 aromatic rings. The van der Waals surface area contributed by atoms with Crippen molar-refractivity contribution in [3.8, 4) is 0 Å². The van der Waals surface area contributed by atoms with E-state index in [2.05, 4.69) is 35.9 Å². The zero-order chi connectivity index (χ0) is 15.6. The van der Waals surface area contributed by atoms with Crippen LogP contribution in [-0.4, -0.2) is 53.1 Å². The fourth-order valence-electron chi connectivity index (χ4n) is 2.61. The van der Waals surface area contributed by atoms with Gasteiger partial charge in [0.2, 0.25) is 0 Å². The highest BCUT2D eigenvalue weighted by atomic mass is 35.5. The Morgan fingerprint density at radius 1 is 1.43 bits per heavy atom. The van der Waals surface area contributed by atoms with Crippen LogP contribution in [0.4, 0.5) is 0 Å². The Kier molecular flexibility index (Phi) is 4.76. The third-order valence-electron chi connectivity index (χ3n) is 4.25. The van der Waals surface area contributed by atoms with Crippen LogP contribution in [-0.2, 0) is 6.54 Å². The van der Waals surface area contributed by atoms with Gasteiger partial charge in [-0.05, 0) is 32.5 Å². The standard InChI is InChI=1S/C15H23ClN4O/c1-15(2)10-20(7-6-19(15)3)9-12-5-4-11(8-13(12)16)14(17)18-21/h4-5,8,21H,6-7,9-10H2,1-3H3,(H2,17,18). The van der Waals surface area contributed by atoms with Crippen LogP contribution in [0, 0.1) is 0 Å². The molecule has 1 heterocycles. The first-order valence-corrected chi connectivity index (χ1v) is 7.41. The van der Waals surface area contributed by atoms with Crippen LogP contribution in [0.3, 0.4) is 0 Å². The third-order valence-corrected chi connectivity index (χ3v) is 4.60. The van der Waals surface area contributed by atoms with Gasteiger partial charge in [0.05, 0.1) is 0 Å². The second-order valence-electron chi connectivity index (χ2n) is 6.24. The van der Waals surface area contributed by atoms with Crippen LogP contribution in [0.5, 0.6) is 0 Å². The molecule has 0 radical (unpaired) electrons. The summed E-state index contributed by atoms with van der Waals surface area (Å²) in [5, 5.41) is 12.3. The highest BCUT2D eigenvalue weighted by Crippen LogP contribution is 2.24. The first-order chi connectivity index (χ1) is 9.83. The van der Waals surface area contributed by atoms with E-state index >= 15 is 0 Å². The Labute approximate surface area is 131 Å². The van der Waals surface area contributed by atoms with Crippen LogP contribution < -0.4 is 5.73 Å². The lowest BCUT2D eigenvalue weighted by Gasteiger charge is -2.45. The van der Waals surface area contributed by atoms with Crippen LogP contribution in [0.15, 0.2) is 23.4 Å². The molecule has 1 fully saturated rings. The van der Waals surface area contributed by atoms with Gasteiger partial charge in [-0.2, -0.15) is 0 Å². The molecule has 6 heteroatoms. The molecule has 0 atom stereocenters.